The van der Waals surface area contributed by atoms with Gasteiger partial charge in [0.25, 0.3) is 0 Å². The zero-order chi connectivity index (χ0) is 15.0. The third kappa shape index (κ3) is 2.28. The molecular weight excluding hydrogens is 287 g/mol. The van der Waals surface area contributed by atoms with Crippen LogP contribution in [0.2, 0.25) is 5.15 Å². The fourth-order valence-electron chi connectivity index (χ4n) is 2.58. The molecule has 0 unspecified atom stereocenters. The summed E-state index contributed by atoms with van der Waals surface area (Å²) < 4.78 is 15.8. The first-order valence-electron chi connectivity index (χ1n) is 6.53. The fraction of sp³-hybridized carbons (Fsp3) is 0.118. The number of hydrogen-bond acceptors (Lipinski definition) is 1. The van der Waals surface area contributed by atoms with Gasteiger partial charge in [-0.15, -0.1) is 0 Å². The van der Waals surface area contributed by atoms with Crippen molar-refractivity contribution in [2.75, 3.05) is 0 Å². The largest absolute Gasteiger partial charge is 0.324 e. The highest BCUT2D eigenvalue weighted by atomic mass is 35.5. The zero-order valence-electron chi connectivity index (χ0n) is 11.4. The van der Waals surface area contributed by atoms with Crippen molar-refractivity contribution < 1.29 is 4.39 Å². The molecule has 1 aromatic heterocycles. The Morgan fingerprint density at radius 1 is 1.24 bits per heavy atom. The van der Waals surface area contributed by atoms with Crippen molar-refractivity contribution in [3.63, 3.8) is 0 Å². The molecule has 0 saturated heterocycles. The summed E-state index contributed by atoms with van der Waals surface area (Å²) in [6.45, 7) is 2.43. The molecule has 0 radical (unpaired) electrons. The number of rotatable bonds is 2. The van der Waals surface area contributed by atoms with Gasteiger partial charge in [-0.05, 0) is 18.6 Å². The smallest absolute Gasteiger partial charge is 0.147 e. The molecule has 0 N–H and O–H groups in total. The van der Waals surface area contributed by atoms with E-state index in [2.05, 4.69) is 6.07 Å². The summed E-state index contributed by atoms with van der Waals surface area (Å²) in [6.07, 6.45) is 0. The van der Waals surface area contributed by atoms with Crippen LogP contribution >= 0.6 is 11.6 Å². The van der Waals surface area contributed by atoms with Gasteiger partial charge in [0, 0.05) is 11.9 Å². The molecule has 3 rings (SSSR count). The molecular formula is C17H12ClFN2. The van der Waals surface area contributed by atoms with Gasteiger partial charge in [-0.3, -0.25) is 0 Å². The highest BCUT2D eigenvalue weighted by Gasteiger charge is 2.18. The summed E-state index contributed by atoms with van der Waals surface area (Å²) in [5.41, 5.74) is 2.84. The predicted molar refractivity (Wildman–Crippen MR) is 81.9 cm³/mol. The number of hydrogen-bond donors (Lipinski definition) is 0. The van der Waals surface area contributed by atoms with Gasteiger partial charge in [-0.25, -0.2) is 4.39 Å². The molecule has 3 aromatic rings. The number of aryl methyl sites for hydroxylation is 1. The number of para-hydroxylation sites is 1. The van der Waals surface area contributed by atoms with Crippen molar-refractivity contribution in [1.82, 2.24) is 4.57 Å². The van der Waals surface area contributed by atoms with Gasteiger partial charge in [-0.2, -0.15) is 5.26 Å². The first-order valence-corrected chi connectivity index (χ1v) is 6.91. The van der Waals surface area contributed by atoms with Gasteiger partial charge in [0.15, 0.2) is 0 Å². The quantitative estimate of drug-likeness (QED) is 0.676. The van der Waals surface area contributed by atoms with E-state index in [1.165, 1.54) is 6.07 Å². The number of nitriles is 1. The second kappa shape index (κ2) is 5.23. The molecule has 0 amide bonds. The molecule has 21 heavy (non-hydrogen) atoms. The van der Waals surface area contributed by atoms with Crippen LogP contribution in [0.25, 0.3) is 10.9 Å². The van der Waals surface area contributed by atoms with Gasteiger partial charge >= 0.3 is 0 Å². The van der Waals surface area contributed by atoms with Crippen LogP contribution in [0.1, 0.15) is 16.7 Å². The molecule has 0 bridgehead atoms. The third-order valence-electron chi connectivity index (χ3n) is 3.50. The molecule has 1 heterocycles. The average molecular weight is 299 g/mol. The van der Waals surface area contributed by atoms with E-state index in [1.807, 2.05) is 31.2 Å². The van der Waals surface area contributed by atoms with Crippen molar-refractivity contribution in [1.29, 1.82) is 5.26 Å². The number of fused-ring (bicyclic) bond motifs is 1. The Morgan fingerprint density at radius 3 is 2.71 bits per heavy atom. The lowest BCUT2D eigenvalue weighted by Crippen LogP contribution is -2.01. The standard InChI is InChI=1S/C17H12ClFN2/c1-11-4-2-5-12(8-11)10-21-16-13(6-3-7-15(16)19)14(9-20)17(21)18/h2-8H,10H2,1H3. The Bertz CT molecular complexity index is 874. The fourth-order valence-corrected chi connectivity index (χ4v) is 2.87. The summed E-state index contributed by atoms with van der Waals surface area (Å²) in [5, 5.41) is 10.1. The maximum absolute atomic E-state index is 14.2. The third-order valence-corrected chi connectivity index (χ3v) is 3.90. The monoisotopic (exact) mass is 298 g/mol. The molecule has 0 aliphatic rings. The summed E-state index contributed by atoms with van der Waals surface area (Å²) in [7, 11) is 0. The number of aromatic nitrogens is 1. The van der Waals surface area contributed by atoms with Crippen LogP contribution in [0, 0.1) is 24.1 Å². The van der Waals surface area contributed by atoms with E-state index >= 15 is 0 Å². The van der Waals surface area contributed by atoms with Crippen LogP contribution in [-0.4, -0.2) is 4.57 Å². The lowest BCUT2D eigenvalue weighted by atomic mass is 10.1. The maximum atomic E-state index is 14.2. The van der Waals surface area contributed by atoms with Gasteiger partial charge in [0.2, 0.25) is 0 Å². The van der Waals surface area contributed by atoms with Crippen LogP contribution in [0.3, 0.4) is 0 Å². The first-order chi connectivity index (χ1) is 10.1. The molecule has 0 saturated carbocycles. The van der Waals surface area contributed by atoms with E-state index in [4.69, 9.17) is 11.6 Å². The van der Waals surface area contributed by atoms with Crippen LogP contribution in [0.5, 0.6) is 0 Å². The van der Waals surface area contributed by atoms with E-state index in [1.54, 1.807) is 16.7 Å². The summed E-state index contributed by atoms with van der Waals surface area (Å²) in [5.74, 6) is -0.372. The highest BCUT2D eigenvalue weighted by Crippen LogP contribution is 2.31. The van der Waals surface area contributed by atoms with Crippen LogP contribution in [-0.2, 0) is 6.54 Å². The van der Waals surface area contributed by atoms with Crippen molar-refractivity contribution in [3.8, 4) is 6.07 Å². The molecule has 0 spiro atoms. The Balaban J connectivity index is 2.23. The Hall–Kier alpha value is -2.31. The summed E-state index contributed by atoms with van der Waals surface area (Å²) in [4.78, 5) is 0. The van der Waals surface area contributed by atoms with E-state index in [0.29, 0.717) is 23.0 Å². The number of nitrogens with zero attached hydrogens (tertiary/aromatic N) is 2. The number of benzene rings is 2. The molecule has 104 valence electrons. The van der Waals surface area contributed by atoms with E-state index < -0.39 is 0 Å². The van der Waals surface area contributed by atoms with Gasteiger partial charge < -0.3 is 4.57 Å². The molecule has 0 aliphatic heterocycles. The van der Waals surface area contributed by atoms with Crippen LogP contribution < -0.4 is 0 Å². The molecule has 2 nitrogen and oxygen atoms in total. The summed E-state index contributed by atoms with van der Waals surface area (Å²) in [6, 6.07) is 14.7. The van der Waals surface area contributed by atoms with Crippen LogP contribution in [0.4, 0.5) is 4.39 Å². The Labute approximate surface area is 127 Å². The van der Waals surface area contributed by atoms with E-state index in [9.17, 15) is 9.65 Å². The van der Waals surface area contributed by atoms with Crippen molar-refractivity contribution >= 4 is 22.5 Å². The molecule has 0 fully saturated rings. The Morgan fingerprint density at radius 2 is 2.00 bits per heavy atom. The molecule has 0 aliphatic carbocycles. The van der Waals surface area contributed by atoms with E-state index in [-0.39, 0.29) is 11.0 Å². The Kier molecular flexibility index (Phi) is 3.40. The molecule has 2 aromatic carbocycles. The SMILES string of the molecule is Cc1cccc(Cn2c(Cl)c(C#N)c3cccc(F)c32)c1. The predicted octanol–water partition coefficient (Wildman–Crippen LogP) is 4.66. The second-order valence-electron chi connectivity index (χ2n) is 4.99. The van der Waals surface area contributed by atoms with Gasteiger partial charge in [-0.1, -0.05) is 53.6 Å². The lowest BCUT2D eigenvalue weighted by molar-refractivity contribution is 0.628. The average Bonchev–Trinajstić information content (AvgIpc) is 2.72. The minimum atomic E-state index is -0.372. The highest BCUT2D eigenvalue weighted by molar-refractivity contribution is 6.32. The van der Waals surface area contributed by atoms with Gasteiger partial charge in [0.1, 0.15) is 17.0 Å². The normalized spacial score (nSPS) is 10.8. The zero-order valence-corrected chi connectivity index (χ0v) is 12.2. The maximum Gasteiger partial charge on any atom is 0.147 e. The first kappa shape index (κ1) is 13.7. The van der Waals surface area contributed by atoms with Crippen molar-refractivity contribution in [3.05, 3.63) is 70.1 Å². The molecule has 4 heteroatoms. The second-order valence-corrected chi connectivity index (χ2v) is 5.35. The number of halogens is 2. The molecule has 0 atom stereocenters. The van der Waals surface area contributed by atoms with Gasteiger partial charge in [0.05, 0.1) is 11.1 Å². The van der Waals surface area contributed by atoms with Crippen molar-refractivity contribution in [2.24, 2.45) is 0 Å². The minimum Gasteiger partial charge on any atom is -0.324 e. The minimum absolute atomic E-state index is 0.277. The topological polar surface area (TPSA) is 28.7 Å². The van der Waals surface area contributed by atoms with Crippen molar-refractivity contribution in [2.45, 2.75) is 13.5 Å². The van der Waals surface area contributed by atoms with E-state index in [0.717, 1.165) is 11.1 Å². The van der Waals surface area contributed by atoms with Crippen LogP contribution in [0.15, 0.2) is 42.5 Å². The lowest BCUT2D eigenvalue weighted by Gasteiger charge is -2.08. The summed E-state index contributed by atoms with van der Waals surface area (Å²) >= 11 is 6.29.